The summed E-state index contributed by atoms with van der Waals surface area (Å²) in [6.07, 6.45) is 8.03. The molecule has 158 valence electrons. The zero-order valence-corrected chi connectivity index (χ0v) is 18.2. The van der Waals surface area contributed by atoms with Gasteiger partial charge in [-0.05, 0) is 62.3 Å². The van der Waals surface area contributed by atoms with E-state index in [9.17, 15) is 4.79 Å². The van der Waals surface area contributed by atoms with Gasteiger partial charge in [-0.1, -0.05) is 30.0 Å². The molecule has 1 saturated heterocycles. The molecule has 0 N–H and O–H groups in total. The van der Waals surface area contributed by atoms with Crippen molar-refractivity contribution in [1.29, 1.82) is 0 Å². The number of thioether (sulfide) groups is 1. The number of morpholine rings is 1. The van der Waals surface area contributed by atoms with Crippen LogP contribution in [0.25, 0.3) is 10.9 Å². The summed E-state index contributed by atoms with van der Waals surface area (Å²) in [7, 11) is 0. The molecule has 0 radical (unpaired) electrons. The molecular weight excluding hydrogens is 394 g/mol. The molecule has 1 aromatic carbocycles. The van der Waals surface area contributed by atoms with Gasteiger partial charge in [0.25, 0.3) is 0 Å². The van der Waals surface area contributed by atoms with E-state index in [2.05, 4.69) is 18.2 Å². The predicted octanol–water partition coefficient (Wildman–Crippen LogP) is 4.05. The van der Waals surface area contributed by atoms with Crippen molar-refractivity contribution in [1.82, 2.24) is 14.9 Å². The van der Waals surface area contributed by atoms with E-state index in [1.165, 1.54) is 38.5 Å². The van der Waals surface area contributed by atoms with Crippen LogP contribution in [0.4, 0.5) is 0 Å². The number of nitrogens with zero attached hydrogens (tertiary/aromatic N) is 3. The molecule has 5 fully saturated rings. The summed E-state index contributed by atoms with van der Waals surface area (Å²) in [6.45, 7) is 2.68. The number of benzene rings is 1. The van der Waals surface area contributed by atoms with E-state index in [0.717, 1.165) is 39.5 Å². The molecule has 1 amide bonds. The summed E-state index contributed by atoms with van der Waals surface area (Å²) < 4.78 is 5.38. The van der Waals surface area contributed by atoms with E-state index in [1.807, 2.05) is 11.0 Å². The SMILES string of the molecule is O=C(CSc1nc(C23CC4CC(CC(C4)C2)C3)nc2ccccc12)N1CCOCC1. The lowest BCUT2D eigenvalue weighted by atomic mass is 9.49. The van der Waals surface area contributed by atoms with E-state index in [1.54, 1.807) is 11.8 Å². The number of carbonyl (C=O) groups excluding carboxylic acids is 1. The van der Waals surface area contributed by atoms with Crippen LogP contribution in [0.15, 0.2) is 29.3 Å². The standard InChI is InChI=1S/C24H29N3O2S/c28-21(27-5-7-29-8-6-27)15-30-22-19-3-1-2-4-20(19)25-23(26-22)24-12-16-9-17(13-24)11-18(10-16)14-24/h1-4,16-18H,5-15H2. The molecule has 5 aliphatic rings. The van der Waals surface area contributed by atoms with E-state index in [0.29, 0.717) is 32.1 Å². The smallest absolute Gasteiger partial charge is 0.233 e. The molecule has 4 bridgehead atoms. The Bertz CT molecular complexity index is 937. The van der Waals surface area contributed by atoms with Gasteiger partial charge in [0.05, 0.1) is 24.5 Å². The van der Waals surface area contributed by atoms with Crippen LogP contribution in [0.2, 0.25) is 0 Å². The lowest BCUT2D eigenvalue weighted by Crippen LogP contribution is -2.49. The highest BCUT2D eigenvalue weighted by Gasteiger charge is 2.53. The number of hydrogen-bond donors (Lipinski definition) is 0. The van der Waals surface area contributed by atoms with Crippen LogP contribution in [-0.2, 0) is 14.9 Å². The molecule has 4 aliphatic carbocycles. The van der Waals surface area contributed by atoms with Crippen LogP contribution >= 0.6 is 11.8 Å². The van der Waals surface area contributed by atoms with Crippen LogP contribution in [-0.4, -0.2) is 52.8 Å². The van der Waals surface area contributed by atoms with Gasteiger partial charge in [0.1, 0.15) is 10.9 Å². The molecule has 5 nitrogen and oxygen atoms in total. The highest BCUT2D eigenvalue weighted by molar-refractivity contribution is 8.00. The van der Waals surface area contributed by atoms with Crippen LogP contribution in [0.5, 0.6) is 0 Å². The summed E-state index contributed by atoms with van der Waals surface area (Å²) in [5, 5.41) is 2.05. The van der Waals surface area contributed by atoms with Gasteiger partial charge < -0.3 is 9.64 Å². The van der Waals surface area contributed by atoms with E-state index >= 15 is 0 Å². The second-order valence-electron chi connectivity index (χ2n) is 9.85. The molecule has 0 atom stereocenters. The Labute approximate surface area is 182 Å². The fraction of sp³-hybridized carbons (Fsp3) is 0.625. The van der Waals surface area contributed by atoms with Crippen molar-refractivity contribution in [3.05, 3.63) is 30.1 Å². The quantitative estimate of drug-likeness (QED) is 0.549. The van der Waals surface area contributed by atoms with Gasteiger partial charge in [0.15, 0.2) is 0 Å². The number of para-hydroxylation sites is 1. The largest absolute Gasteiger partial charge is 0.378 e. The number of ether oxygens (including phenoxy) is 1. The Hall–Kier alpha value is -1.66. The summed E-state index contributed by atoms with van der Waals surface area (Å²) in [5.74, 6) is 4.27. The van der Waals surface area contributed by atoms with Gasteiger partial charge >= 0.3 is 0 Å². The molecule has 2 aromatic rings. The van der Waals surface area contributed by atoms with Crippen molar-refractivity contribution in [2.75, 3.05) is 32.1 Å². The minimum atomic E-state index is 0.169. The average Bonchev–Trinajstić information content (AvgIpc) is 2.77. The van der Waals surface area contributed by atoms with Crippen LogP contribution in [0, 0.1) is 17.8 Å². The first-order chi connectivity index (χ1) is 14.7. The molecule has 1 aliphatic heterocycles. The Morgan fingerprint density at radius 1 is 1.03 bits per heavy atom. The second-order valence-corrected chi connectivity index (χ2v) is 10.8. The lowest BCUT2D eigenvalue weighted by molar-refractivity contribution is -0.132. The molecule has 1 aromatic heterocycles. The topological polar surface area (TPSA) is 55.3 Å². The number of aromatic nitrogens is 2. The summed E-state index contributed by atoms with van der Waals surface area (Å²) in [5.41, 5.74) is 1.20. The Morgan fingerprint density at radius 2 is 1.70 bits per heavy atom. The third kappa shape index (κ3) is 3.32. The first-order valence-electron chi connectivity index (χ1n) is 11.4. The molecule has 6 heteroatoms. The van der Waals surface area contributed by atoms with Crippen molar-refractivity contribution in [2.45, 2.75) is 49.0 Å². The molecule has 4 saturated carbocycles. The Morgan fingerprint density at radius 3 is 2.40 bits per heavy atom. The maximum atomic E-state index is 12.7. The highest BCUT2D eigenvalue weighted by Crippen LogP contribution is 2.60. The van der Waals surface area contributed by atoms with Gasteiger partial charge in [-0.15, -0.1) is 0 Å². The Kier molecular flexibility index (Phi) is 4.75. The minimum Gasteiger partial charge on any atom is -0.378 e. The maximum absolute atomic E-state index is 12.7. The number of fused-ring (bicyclic) bond motifs is 1. The molecule has 30 heavy (non-hydrogen) atoms. The third-order valence-electron chi connectivity index (χ3n) is 7.78. The predicted molar refractivity (Wildman–Crippen MR) is 118 cm³/mol. The third-order valence-corrected chi connectivity index (χ3v) is 8.75. The summed E-state index contributed by atoms with van der Waals surface area (Å²) in [6, 6.07) is 8.31. The first-order valence-corrected chi connectivity index (χ1v) is 12.4. The second kappa shape index (κ2) is 7.49. The number of rotatable bonds is 4. The monoisotopic (exact) mass is 423 g/mol. The maximum Gasteiger partial charge on any atom is 0.233 e. The van der Waals surface area contributed by atoms with E-state index in [-0.39, 0.29) is 11.3 Å². The first kappa shape index (κ1) is 19.1. The molecular formula is C24H29N3O2S. The summed E-state index contributed by atoms with van der Waals surface area (Å²) in [4.78, 5) is 24.9. The molecule has 0 unspecified atom stereocenters. The van der Waals surface area contributed by atoms with Crippen molar-refractivity contribution >= 4 is 28.6 Å². The van der Waals surface area contributed by atoms with Crippen LogP contribution < -0.4 is 0 Å². The van der Waals surface area contributed by atoms with Crippen molar-refractivity contribution in [3.8, 4) is 0 Å². The van der Waals surface area contributed by atoms with Crippen molar-refractivity contribution in [2.24, 2.45) is 17.8 Å². The summed E-state index contributed by atoms with van der Waals surface area (Å²) >= 11 is 1.59. The fourth-order valence-electron chi connectivity index (χ4n) is 6.81. The van der Waals surface area contributed by atoms with Crippen molar-refractivity contribution < 1.29 is 9.53 Å². The highest BCUT2D eigenvalue weighted by atomic mass is 32.2. The average molecular weight is 424 g/mol. The molecule has 0 spiro atoms. The zero-order valence-electron chi connectivity index (χ0n) is 17.4. The van der Waals surface area contributed by atoms with Crippen LogP contribution in [0.3, 0.4) is 0 Å². The normalized spacial score (nSPS) is 32.7. The van der Waals surface area contributed by atoms with Gasteiger partial charge in [-0.2, -0.15) is 0 Å². The molecule has 2 heterocycles. The van der Waals surface area contributed by atoms with Gasteiger partial charge in [-0.3, -0.25) is 4.79 Å². The number of hydrogen-bond acceptors (Lipinski definition) is 5. The zero-order chi connectivity index (χ0) is 20.1. The van der Waals surface area contributed by atoms with Crippen LogP contribution in [0.1, 0.15) is 44.3 Å². The van der Waals surface area contributed by atoms with E-state index in [4.69, 9.17) is 14.7 Å². The van der Waals surface area contributed by atoms with Gasteiger partial charge in [-0.25, -0.2) is 9.97 Å². The van der Waals surface area contributed by atoms with Gasteiger partial charge in [0, 0.05) is 23.9 Å². The van der Waals surface area contributed by atoms with Crippen molar-refractivity contribution in [3.63, 3.8) is 0 Å². The molecule has 7 rings (SSSR count). The number of amides is 1. The fourth-order valence-corrected chi connectivity index (χ4v) is 7.74. The lowest BCUT2D eigenvalue weighted by Gasteiger charge is -2.56. The Balaban J connectivity index is 1.31. The minimum absolute atomic E-state index is 0.169. The van der Waals surface area contributed by atoms with E-state index < -0.39 is 0 Å². The van der Waals surface area contributed by atoms with Gasteiger partial charge in [0.2, 0.25) is 5.91 Å². The number of carbonyl (C=O) groups is 1.